The van der Waals surface area contributed by atoms with E-state index in [1.807, 2.05) is 12.1 Å². The molecule has 0 aliphatic carbocycles. The smallest absolute Gasteiger partial charge is 0.338 e. The molecule has 0 aliphatic rings. The van der Waals surface area contributed by atoms with Gasteiger partial charge >= 0.3 is 5.97 Å². The minimum atomic E-state index is -0.246. The molecule has 1 aromatic rings. The first-order valence-corrected chi connectivity index (χ1v) is 7.12. The van der Waals surface area contributed by atoms with Gasteiger partial charge in [0.15, 0.2) is 0 Å². The zero-order chi connectivity index (χ0) is 12.0. The Morgan fingerprint density at radius 1 is 1.44 bits per heavy atom. The van der Waals surface area contributed by atoms with Crippen LogP contribution in [0.15, 0.2) is 22.7 Å². The fraction of sp³-hybridized carbons (Fsp3) is 0.417. The largest absolute Gasteiger partial charge is 0.462 e. The molecule has 0 spiro atoms. The molecule has 0 aliphatic heterocycles. The maximum absolute atomic E-state index is 11.8. The predicted octanol–water partition coefficient (Wildman–Crippen LogP) is 4.30. The van der Waals surface area contributed by atoms with E-state index in [1.165, 1.54) is 0 Å². The molecular weight excluding hydrogens is 336 g/mol. The molecule has 0 unspecified atom stereocenters. The number of hydrogen-bond donors (Lipinski definition) is 0. The number of alkyl halides is 1. The van der Waals surface area contributed by atoms with Gasteiger partial charge in [-0.3, -0.25) is 0 Å². The second-order valence-corrected chi connectivity index (χ2v) is 4.90. The molecule has 1 rings (SSSR count). The van der Waals surface area contributed by atoms with Crippen molar-refractivity contribution in [3.63, 3.8) is 0 Å². The van der Waals surface area contributed by atoms with E-state index in [0.29, 0.717) is 17.5 Å². The third-order valence-corrected chi connectivity index (χ3v) is 3.26. The zero-order valence-corrected chi connectivity index (χ0v) is 12.3. The van der Waals surface area contributed by atoms with Gasteiger partial charge in [-0.05, 0) is 24.1 Å². The summed E-state index contributed by atoms with van der Waals surface area (Å²) in [5, 5.41) is 0.651. The van der Waals surface area contributed by atoms with Crippen LogP contribution in [0.3, 0.4) is 0 Å². The van der Waals surface area contributed by atoms with Gasteiger partial charge in [0.1, 0.15) is 0 Å². The molecule has 0 saturated carbocycles. The average molecular weight is 350 g/mol. The van der Waals surface area contributed by atoms with Gasteiger partial charge in [0.25, 0.3) is 0 Å². The maximum Gasteiger partial charge on any atom is 0.338 e. The van der Waals surface area contributed by atoms with Crippen LogP contribution in [0, 0.1) is 0 Å². The first kappa shape index (κ1) is 13.7. The van der Waals surface area contributed by atoms with Crippen molar-refractivity contribution in [2.45, 2.75) is 25.1 Å². The predicted molar refractivity (Wildman–Crippen MR) is 72.0 cm³/mol. The lowest BCUT2D eigenvalue weighted by Gasteiger charge is -2.08. The number of carbonyl (C=O) groups excluding carboxylic acids is 1. The number of rotatable bonds is 5. The van der Waals surface area contributed by atoms with Crippen LogP contribution in [0.25, 0.3) is 0 Å². The molecule has 0 saturated heterocycles. The van der Waals surface area contributed by atoms with Crippen molar-refractivity contribution in [3.8, 4) is 0 Å². The summed E-state index contributed by atoms with van der Waals surface area (Å²) < 4.78 is 6.07. The number of benzene rings is 1. The van der Waals surface area contributed by atoms with Gasteiger partial charge < -0.3 is 4.74 Å². The standard InChI is InChI=1S/C12H14Br2O2/c1-2-3-6-16-12(15)11-7-10(14)5-4-9(11)8-13/h4-5,7H,2-3,6,8H2,1H3. The Morgan fingerprint density at radius 2 is 2.19 bits per heavy atom. The van der Waals surface area contributed by atoms with Gasteiger partial charge in [-0.15, -0.1) is 0 Å². The molecule has 88 valence electrons. The van der Waals surface area contributed by atoms with Gasteiger partial charge in [0.05, 0.1) is 12.2 Å². The van der Waals surface area contributed by atoms with Crippen LogP contribution in [-0.4, -0.2) is 12.6 Å². The van der Waals surface area contributed by atoms with Crippen LogP contribution in [-0.2, 0) is 10.1 Å². The van der Waals surface area contributed by atoms with E-state index in [-0.39, 0.29) is 5.97 Å². The SMILES string of the molecule is CCCCOC(=O)c1cc(Br)ccc1CBr. The first-order chi connectivity index (χ1) is 7.69. The van der Waals surface area contributed by atoms with Crippen molar-refractivity contribution in [2.24, 2.45) is 0 Å². The molecule has 0 amide bonds. The van der Waals surface area contributed by atoms with Crippen molar-refractivity contribution in [3.05, 3.63) is 33.8 Å². The lowest BCUT2D eigenvalue weighted by molar-refractivity contribution is 0.0499. The highest BCUT2D eigenvalue weighted by atomic mass is 79.9. The number of unbranched alkanes of at least 4 members (excludes halogenated alkanes) is 1. The Labute approximate surface area is 113 Å². The fourth-order valence-corrected chi connectivity index (χ4v) is 2.09. The highest BCUT2D eigenvalue weighted by molar-refractivity contribution is 9.10. The summed E-state index contributed by atoms with van der Waals surface area (Å²) in [5.74, 6) is -0.246. The van der Waals surface area contributed by atoms with E-state index < -0.39 is 0 Å². The Kier molecular flexibility index (Phi) is 6.06. The second-order valence-electron chi connectivity index (χ2n) is 3.42. The van der Waals surface area contributed by atoms with Crippen molar-refractivity contribution >= 4 is 37.8 Å². The van der Waals surface area contributed by atoms with Gasteiger partial charge in [-0.2, -0.15) is 0 Å². The highest BCUT2D eigenvalue weighted by Gasteiger charge is 2.12. The summed E-state index contributed by atoms with van der Waals surface area (Å²) in [6.07, 6.45) is 1.93. The molecule has 0 radical (unpaired) electrons. The number of hydrogen-bond acceptors (Lipinski definition) is 2. The molecule has 16 heavy (non-hydrogen) atoms. The second kappa shape index (κ2) is 7.07. The van der Waals surface area contributed by atoms with Crippen LogP contribution in [0.2, 0.25) is 0 Å². The Hall–Kier alpha value is -0.350. The number of carbonyl (C=O) groups is 1. The van der Waals surface area contributed by atoms with E-state index in [2.05, 4.69) is 38.8 Å². The number of halogens is 2. The lowest BCUT2D eigenvalue weighted by atomic mass is 10.1. The fourth-order valence-electron chi connectivity index (χ4n) is 1.24. The van der Waals surface area contributed by atoms with E-state index in [9.17, 15) is 4.79 Å². The molecule has 2 nitrogen and oxygen atoms in total. The van der Waals surface area contributed by atoms with Gasteiger partial charge in [0.2, 0.25) is 0 Å². The molecule has 0 heterocycles. The minimum Gasteiger partial charge on any atom is -0.462 e. The third-order valence-electron chi connectivity index (χ3n) is 2.17. The molecule has 0 bridgehead atoms. The molecule has 1 aromatic carbocycles. The van der Waals surface area contributed by atoms with Crippen LogP contribution >= 0.6 is 31.9 Å². The van der Waals surface area contributed by atoms with Crippen LogP contribution in [0.4, 0.5) is 0 Å². The monoisotopic (exact) mass is 348 g/mol. The molecule has 0 N–H and O–H groups in total. The van der Waals surface area contributed by atoms with Gasteiger partial charge in [0, 0.05) is 9.80 Å². The molecule has 0 aromatic heterocycles. The van der Waals surface area contributed by atoms with E-state index in [1.54, 1.807) is 6.07 Å². The topological polar surface area (TPSA) is 26.3 Å². The maximum atomic E-state index is 11.8. The van der Waals surface area contributed by atoms with E-state index in [4.69, 9.17) is 4.74 Å². The van der Waals surface area contributed by atoms with Gasteiger partial charge in [-0.1, -0.05) is 51.3 Å². The minimum absolute atomic E-state index is 0.246. The summed E-state index contributed by atoms with van der Waals surface area (Å²) in [6.45, 7) is 2.56. The van der Waals surface area contributed by atoms with Gasteiger partial charge in [-0.25, -0.2) is 4.79 Å². The molecule has 4 heteroatoms. The Bertz CT molecular complexity index is 364. The molecular formula is C12H14Br2O2. The zero-order valence-electron chi connectivity index (χ0n) is 9.13. The normalized spacial score (nSPS) is 10.2. The van der Waals surface area contributed by atoms with Crippen molar-refractivity contribution in [1.29, 1.82) is 0 Å². The van der Waals surface area contributed by atoms with Crippen LogP contribution < -0.4 is 0 Å². The number of ether oxygens (including phenoxy) is 1. The van der Waals surface area contributed by atoms with Crippen molar-refractivity contribution in [1.82, 2.24) is 0 Å². The lowest BCUT2D eigenvalue weighted by Crippen LogP contribution is -2.08. The average Bonchev–Trinajstić information content (AvgIpc) is 2.29. The van der Waals surface area contributed by atoms with Crippen molar-refractivity contribution in [2.75, 3.05) is 6.61 Å². The quantitative estimate of drug-likeness (QED) is 0.450. The summed E-state index contributed by atoms with van der Waals surface area (Å²) in [7, 11) is 0. The Balaban J connectivity index is 2.76. The summed E-state index contributed by atoms with van der Waals surface area (Å²) in [5.41, 5.74) is 1.58. The third kappa shape index (κ3) is 3.91. The van der Waals surface area contributed by atoms with E-state index in [0.717, 1.165) is 22.9 Å². The summed E-state index contributed by atoms with van der Waals surface area (Å²) in [6, 6.07) is 5.62. The van der Waals surface area contributed by atoms with Crippen molar-refractivity contribution < 1.29 is 9.53 Å². The summed E-state index contributed by atoms with van der Waals surface area (Å²) >= 11 is 6.71. The summed E-state index contributed by atoms with van der Waals surface area (Å²) in [4.78, 5) is 11.8. The van der Waals surface area contributed by atoms with Crippen LogP contribution in [0.5, 0.6) is 0 Å². The first-order valence-electron chi connectivity index (χ1n) is 5.20. The molecule has 0 atom stereocenters. The Morgan fingerprint density at radius 3 is 2.81 bits per heavy atom. The van der Waals surface area contributed by atoms with E-state index >= 15 is 0 Å². The highest BCUT2D eigenvalue weighted by Crippen LogP contribution is 2.19. The number of esters is 1. The molecule has 0 fully saturated rings. The van der Waals surface area contributed by atoms with Crippen LogP contribution in [0.1, 0.15) is 35.7 Å².